The Morgan fingerprint density at radius 3 is 2.31 bits per heavy atom. The number of halogens is 3. The van der Waals surface area contributed by atoms with Crippen LogP contribution in [0.2, 0.25) is 0 Å². The molecule has 1 heterocycles. The summed E-state index contributed by atoms with van der Waals surface area (Å²) in [5.74, 6) is -0.862. The van der Waals surface area contributed by atoms with Gasteiger partial charge in [0, 0.05) is 20.6 Å². The molecule has 0 spiro atoms. The summed E-state index contributed by atoms with van der Waals surface area (Å²) in [6.07, 6.45) is -4.42. The van der Waals surface area contributed by atoms with Crippen LogP contribution in [0.4, 0.5) is 19.1 Å². The number of benzene rings is 1. The Morgan fingerprint density at radius 2 is 1.79 bits per heavy atom. The number of rotatable bonds is 7. The average molecular weight is 413 g/mol. The van der Waals surface area contributed by atoms with Crippen LogP contribution in [0.3, 0.4) is 0 Å². The predicted molar refractivity (Wildman–Crippen MR) is 100 cm³/mol. The molecule has 29 heavy (non-hydrogen) atoms. The van der Waals surface area contributed by atoms with Crippen molar-refractivity contribution in [3.05, 3.63) is 51.4 Å². The van der Waals surface area contributed by atoms with Gasteiger partial charge in [0.15, 0.2) is 5.69 Å². The Morgan fingerprint density at radius 1 is 1.17 bits per heavy atom. The minimum Gasteiger partial charge on any atom is -0.486 e. The van der Waals surface area contributed by atoms with Crippen molar-refractivity contribution >= 4 is 11.9 Å². The second-order valence-corrected chi connectivity index (χ2v) is 6.16. The van der Waals surface area contributed by atoms with Gasteiger partial charge in [-0.05, 0) is 31.5 Å². The molecule has 0 unspecified atom stereocenters. The van der Waals surface area contributed by atoms with Gasteiger partial charge in [-0.3, -0.25) is 9.36 Å². The van der Waals surface area contributed by atoms with Crippen LogP contribution in [0.25, 0.3) is 0 Å². The van der Waals surface area contributed by atoms with Crippen molar-refractivity contribution in [3.8, 4) is 5.75 Å². The molecule has 0 radical (unpaired) electrons. The van der Waals surface area contributed by atoms with Crippen LogP contribution >= 0.6 is 0 Å². The number of carbonyl (C=O) groups is 1. The Balaban J connectivity index is 2.40. The van der Waals surface area contributed by atoms with Gasteiger partial charge in [-0.25, -0.2) is 9.78 Å². The van der Waals surface area contributed by atoms with Gasteiger partial charge in [0.2, 0.25) is 11.7 Å². The molecule has 0 aliphatic heterocycles. The lowest BCUT2D eigenvalue weighted by atomic mass is 10.1. The van der Waals surface area contributed by atoms with Crippen LogP contribution < -0.4 is 15.2 Å². The van der Waals surface area contributed by atoms with Crippen molar-refractivity contribution in [2.24, 2.45) is 7.05 Å². The minimum atomic E-state index is -4.42. The Labute approximate surface area is 165 Å². The third kappa shape index (κ3) is 5.07. The van der Waals surface area contributed by atoms with E-state index in [0.717, 1.165) is 12.1 Å². The van der Waals surface area contributed by atoms with Gasteiger partial charge in [-0.1, -0.05) is 12.1 Å². The molecule has 0 N–H and O–H groups in total. The first-order chi connectivity index (χ1) is 13.6. The second kappa shape index (κ2) is 8.97. The van der Waals surface area contributed by atoms with E-state index in [1.54, 1.807) is 25.8 Å². The molecule has 158 valence electrons. The van der Waals surface area contributed by atoms with Crippen molar-refractivity contribution in [2.45, 2.75) is 26.6 Å². The number of aromatic nitrogens is 2. The van der Waals surface area contributed by atoms with E-state index in [-0.39, 0.29) is 37.2 Å². The maximum Gasteiger partial charge on any atom is 0.416 e. The standard InChI is InChI=1S/C19H22F3N3O4/c1-5-28-15-14(17(27)29-6-2)23-18(25(4)16(15)26)24(3)11-12-7-9-13(10-8-12)19(20,21)22/h7-10H,5-6,11H2,1-4H3. The van der Waals surface area contributed by atoms with Gasteiger partial charge < -0.3 is 14.4 Å². The molecule has 0 amide bonds. The number of hydrogen-bond donors (Lipinski definition) is 0. The normalized spacial score (nSPS) is 11.3. The Hall–Kier alpha value is -3.04. The minimum absolute atomic E-state index is 0.0953. The van der Waals surface area contributed by atoms with Gasteiger partial charge in [0.1, 0.15) is 0 Å². The van der Waals surface area contributed by atoms with Crippen LogP contribution in [-0.4, -0.2) is 35.8 Å². The molecule has 2 aromatic rings. The molecule has 2 rings (SSSR count). The Kier molecular flexibility index (Phi) is 6.89. The maximum absolute atomic E-state index is 12.7. The quantitative estimate of drug-likeness (QED) is 0.650. The number of alkyl halides is 3. The van der Waals surface area contributed by atoms with E-state index >= 15 is 0 Å². The molecule has 0 aliphatic carbocycles. The lowest BCUT2D eigenvalue weighted by molar-refractivity contribution is -0.137. The summed E-state index contributed by atoms with van der Waals surface area (Å²) in [6.45, 7) is 3.70. The topological polar surface area (TPSA) is 73.7 Å². The average Bonchev–Trinajstić information content (AvgIpc) is 2.65. The number of carbonyl (C=O) groups excluding carboxylic acids is 1. The third-order valence-electron chi connectivity index (χ3n) is 4.03. The van der Waals surface area contributed by atoms with E-state index in [9.17, 15) is 22.8 Å². The first-order valence-electron chi connectivity index (χ1n) is 8.88. The first-order valence-corrected chi connectivity index (χ1v) is 8.88. The number of anilines is 1. The van der Waals surface area contributed by atoms with Gasteiger partial charge in [-0.2, -0.15) is 13.2 Å². The van der Waals surface area contributed by atoms with Crippen molar-refractivity contribution in [3.63, 3.8) is 0 Å². The highest BCUT2D eigenvalue weighted by Gasteiger charge is 2.30. The second-order valence-electron chi connectivity index (χ2n) is 6.16. The summed E-state index contributed by atoms with van der Waals surface area (Å²) in [5, 5.41) is 0. The smallest absolute Gasteiger partial charge is 0.416 e. The summed E-state index contributed by atoms with van der Waals surface area (Å²) in [4.78, 5) is 30.7. The van der Waals surface area contributed by atoms with Crippen LogP contribution in [0, 0.1) is 0 Å². The zero-order chi connectivity index (χ0) is 21.8. The van der Waals surface area contributed by atoms with Crippen molar-refractivity contribution in [1.29, 1.82) is 0 Å². The molecule has 0 saturated heterocycles. The summed E-state index contributed by atoms with van der Waals surface area (Å²) >= 11 is 0. The van der Waals surface area contributed by atoms with Crippen molar-refractivity contribution in [1.82, 2.24) is 9.55 Å². The fraction of sp³-hybridized carbons (Fsp3) is 0.421. The highest BCUT2D eigenvalue weighted by atomic mass is 19.4. The van der Waals surface area contributed by atoms with E-state index in [1.807, 2.05) is 0 Å². The van der Waals surface area contributed by atoms with E-state index in [2.05, 4.69) is 4.98 Å². The fourth-order valence-electron chi connectivity index (χ4n) is 2.67. The lowest BCUT2D eigenvalue weighted by Gasteiger charge is -2.22. The zero-order valence-corrected chi connectivity index (χ0v) is 16.5. The molecule has 0 fully saturated rings. The molecule has 10 heteroatoms. The van der Waals surface area contributed by atoms with Crippen LogP contribution in [-0.2, 0) is 24.5 Å². The van der Waals surface area contributed by atoms with Gasteiger partial charge in [-0.15, -0.1) is 0 Å². The van der Waals surface area contributed by atoms with Gasteiger partial charge >= 0.3 is 12.1 Å². The summed E-state index contributed by atoms with van der Waals surface area (Å²) in [6, 6.07) is 4.66. The van der Waals surface area contributed by atoms with Crippen LogP contribution in [0.1, 0.15) is 35.5 Å². The summed E-state index contributed by atoms with van der Waals surface area (Å²) in [5.41, 5.74) is -0.994. The fourth-order valence-corrected chi connectivity index (χ4v) is 2.67. The highest BCUT2D eigenvalue weighted by molar-refractivity contribution is 5.90. The number of ether oxygens (including phenoxy) is 2. The van der Waals surface area contributed by atoms with Gasteiger partial charge in [0.25, 0.3) is 5.56 Å². The lowest BCUT2D eigenvalue weighted by Crippen LogP contribution is -2.32. The molecular weight excluding hydrogens is 391 g/mol. The molecular formula is C19H22F3N3O4. The molecule has 0 aliphatic rings. The number of nitrogens with zero attached hydrogens (tertiary/aromatic N) is 3. The largest absolute Gasteiger partial charge is 0.486 e. The van der Waals surface area contributed by atoms with E-state index in [4.69, 9.17) is 9.47 Å². The van der Waals surface area contributed by atoms with Crippen molar-refractivity contribution < 1.29 is 27.4 Å². The number of hydrogen-bond acceptors (Lipinski definition) is 6. The zero-order valence-electron chi connectivity index (χ0n) is 16.5. The number of esters is 1. The Bertz CT molecular complexity index is 924. The first kappa shape index (κ1) is 22.3. The summed E-state index contributed by atoms with van der Waals surface area (Å²) in [7, 11) is 3.07. The third-order valence-corrected chi connectivity index (χ3v) is 4.03. The molecule has 0 bridgehead atoms. The summed E-state index contributed by atoms with van der Waals surface area (Å²) < 4.78 is 49.6. The maximum atomic E-state index is 12.7. The van der Waals surface area contributed by atoms with E-state index < -0.39 is 23.3 Å². The monoisotopic (exact) mass is 413 g/mol. The molecule has 0 saturated carbocycles. The van der Waals surface area contributed by atoms with E-state index in [0.29, 0.717) is 5.56 Å². The SMILES string of the molecule is CCOC(=O)c1nc(N(C)Cc2ccc(C(F)(F)F)cc2)n(C)c(=O)c1OCC. The van der Waals surface area contributed by atoms with Crippen molar-refractivity contribution in [2.75, 3.05) is 25.2 Å². The molecule has 0 atom stereocenters. The highest BCUT2D eigenvalue weighted by Crippen LogP contribution is 2.29. The molecule has 1 aromatic carbocycles. The van der Waals surface area contributed by atoms with Gasteiger partial charge in [0.05, 0.1) is 18.8 Å². The molecule has 7 nitrogen and oxygen atoms in total. The van der Waals surface area contributed by atoms with Crippen LogP contribution in [0.15, 0.2) is 29.1 Å². The predicted octanol–water partition coefficient (Wildman–Crippen LogP) is 3.01. The molecule has 1 aromatic heterocycles. The van der Waals surface area contributed by atoms with Crippen LogP contribution in [0.5, 0.6) is 5.75 Å². The van der Waals surface area contributed by atoms with E-state index in [1.165, 1.54) is 23.7 Å².